The van der Waals surface area contributed by atoms with Gasteiger partial charge in [0.05, 0.1) is 11.9 Å². The Balaban J connectivity index is 1.58. The molecule has 0 aliphatic rings. The van der Waals surface area contributed by atoms with Crippen molar-refractivity contribution in [2.75, 3.05) is 5.32 Å². The van der Waals surface area contributed by atoms with Gasteiger partial charge in [-0.05, 0) is 30.3 Å². The first-order valence-electron chi connectivity index (χ1n) is 8.00. The second-order valence-corrected chi connectivity index (χ2v) is 5.57. The molecule has 0 bridgehead atoms. The summed E-state index contributed by atoms with van der Waals surface area (Å²) in [5.74, 6) is 0.633. The number of pyridine rings is 1. The Hall–Kier alpha value is -3.80. The number of nitrogens with zero attached hydrogens (tertiary/aromatic N) is 3. The molecule has 0 aliphatic carbocycles. The normalized spacial score (nSPS) is 10.5. The molecular weight excluding hydrogens is 328 g/mol. The molecule has 1 N–H and O–H groups in total. The lowest BCUT2D eigenvalue weighted by atomic mass is 10.1. The minimum absolute atomic E-state index is 0.234. The van der Waals surface area contributed by atoms with Crippen LogP contribution in [0.3, 0.4) is 0 Å². The Morgan fingerprint density at radius 1 is 0.923 bits per heavy atom. The van der Waals surface area contributed by atoms with Gasteiger partial charge >= 0.3 is 0 Å². The highest BCUT2D eigenvalue weighted by atomic mass is 16.5. The molecule has 0 unspecified atom stereocenters. The lowest BCUT2D eigenvalue weighted by molar-refractivity contribution is 0.102. The zero-order valence-electron chi connectivity index (χ0n) is 13.7. The fraction of sp³-hybridized carbons (Fsp3) is 0. The molecule has 0 atom stereocenters. The number of rotatable bonds is 4. The molecule has 0 saturated heterocycles. The second kappa shape index (κ2) is 6.98. The van der Waals surface area contributed by atoms with E-state index >= 15 is 0 Å². The summed E-state index contributed by atoms with van der Waals surface area (Å²) in [6.07, 6.45) is 3.24. The first-order valence-corrected chi connectivity index (χ1v) is 8.00. The molecule has 1 amide bonds. The first kappa shape index (κ1) is 15.7. The molecule has 2 aromatic heterocycles. The highest BCUT2D eigenvalue weighted by Crippen LogP contribution is 2.23. The van der Waals surface area contributed by atoms with E-state index in [1.165, 1.54) is 0 Å². The number of nitrogens with one attached hydrogen (secondary N) is 1. The third kappa shape index (κ3) is 3.34. The fourth-order valence-electron chi connectivity index (χ4n) is 2.48. The number of carbonyl (C=O) groups excluding carboxylic acids is 1. The van der Waals surface area contributed by atoms with E-state index in [0.29, 0.717) is 28.5 Å². The van der Waals surface area contributed by atoms with E-state index in [0.717, 1.165) is 5.56 Å². The summed E-state index contributed by atoms with van der Waals surface area (Å²) < 4.78 is 5.36. The summed E-state index contributed by atoms with van der Waals surface area (Å²) >= 11 is 0. The van der Waals surface area contributed by atoms with Crippen molar-refractivity contribution in [3.8, 4) is 22.8 Å². The van der Waals surface area contributed by atoms with Crippen molar-refractivity contribution in [3.63, 3.8) is 0 Å². The summed E-state index contributed by atoms with van der Waals surface area (Å²) in [6, 6.07) is 20.1. The first-order chi connectivity index (χ1) is 12.8. The lowest BCUT2D eigenvalue weighted by Crippen LogP contribution is -2.11. The van der Waals surface area contributed by atoms with Crippen LogP contribution in [0, 0.1) is 0 Å². The molecule has 4 aromatic rings. The van der Waals surface area contributed by atoms with Gasteiger partial charge in [0, 0.05) is 22.9 Å². The van der Waals surface area contributed by atoms with E-state index in [-0.39, 0.29) is 5.91 Å². The van der Waals surface area contributed by atoms with Gasteiger partial charge in [-0.1, -0.05) is 41.6 Å². The van der Waals surface area contributed by atoms with Crippen LogP contribution in [0.1, 0.15) is 10.4 Å². The van der Waals surface area contributed by atoms with Crippen molar-refractivity contribution < 1.29 is 9.32 Å². The molecule has 6 heteroatoms. The van der Waals surface area contributed by atoms with Gasteiger partial charge < -0.3 is 9.84 Å². The van der Waals surface area contributed by atoms with Crippen molar-refractivity contribution in [2.45, 2.75) is 0 Å². The Morgan fingerprint density at radius 3 is 2.58 bits per heavy atom. The van der Waals surface area contributed by atoms with Crippen molar-refractivity contribution in [1.29, 1.82) is 0 Å². The van der Waals surface area contributed by atoms with E-state index in [1.54, 1.807) is 42.7 Å². The smallest absolute Gasteiger partial charge is 0.258 e. The number of hydrogen-bond donors (Lipinski definition) is 1. The van der Waals surface area contributed by atoms with Gasteiger partial charge in [-0.3, -0.25) is 9.78 Å². The van der Waals surface area contributed by atoms with E-state index in [1.807, 2.05) is 36.4 Å². The van der Waals surface area contributed by atoms with Gasteiger partial charge in [0.15, 0.2) is 0 Å². The summed E-state index contributed by atoms with van der Waals surface area (Å²) in [5, 5.41) is 6.81. The molecule has 0 aliphatic heterocycles. The second-order valence-electron chi connectivity index (χ2n) is 5.57. The van der Waals surface area contributed by atoms with Crippen LogP contribution in [0.4, 0.5) is 5.69 Å². The Kier molecular flexibility index (Phi) is 4.22. The summed E-state index contributed by atoms with van der Waals surface area (Å²) in [6.45, 7) is 0. The third-order valence-electron chi connectivity index (χ3n) is 3.75. The average Bonchev–Trinajstić information content (AvgIpc) is 3.20. The number of amides is 1. The quantitative estimate of drug-likeness (QED) is 0.605. The number of hydrogen-bond acceptors (Lipinski definition) is 5. The fourth-order valence-corrected chi connectivity index (χ4v) is 2.48. The molecule has 2 heterocycles. The zero-order valence-corrected chi connectivity index (χ0v) is 13.7. The summed E-state index contributed by atoms with van der Waals surface area (Å²) in [7, 11) is 0. The van der Waals surface area contributed by atoms with Crippen LogP contribution in [0.15, 0.2) is 83.6 Å². The zero-order chi connectivity index (χ0) is 17.8. The number of anilines is 1. The van der Waals surface area contributed by atoms with Gasteiger partial charge in [0.1, 0.15) is 0 Å². The maximum Gasteiger partial charge on any atom is 0.258 e. The molecule has 6 nitrogen and oxygen atoms in total. The average molecular weight is 342 g/mol. The van der Waals surface area contributed by atoms with E-state index in [2.05, 4.69) is 20.4 Å². The predicted octanol–water partition coefficient (Wildman–Crippen LogP) is 4.05. The summed E-state index contributed by atoms with van der Waals surface area (Å²) in [5.41, 5.74) is 2.67. The number of aromatic nitrogens is 3. The molecule has 26 heavy (non-hydrogen) atoms. The minimum Gasteiger partial charge on any atom is -0.334 e. The molecule has 0 spiro atoms. The number of benzene rings is 2. The van der Waals surface area contributed by atoms with Gasteiger partial charge in [-0.25, -0.2) is 0 Å². The van der Waals surface area contributed by atoms with Gasteiger partial charge in [0.2, 0.25) is 5.82 Å². The van der Waals surface area contributed by atoms with Crippen LogP contribution in [0.25, 0.3) is 22.8 Å². The Bertz CT molecular complexity index is 1030. The van der Waals surface area contributed by atoms with Crippen LogP contribution in [-0.2, 0) is 0 Å². The van der Waals surface area contributed by atoms with Gasteiger partial charge in [0.25, 0.3) is 11.8 Å². The predicted molar refractivity (Wildman–Crippen MR) is 97.4 cm³/mol. The van der Waals surface area contributed by atoms with Crippen LogP contribution in [0.5, 0.6) is 0 Å². The number of carbonyl (C=O) groups is 1. The molecule has 0 radical (unpaired) electrons. The molecular formula is C20H14N4O2. The Morgan fingerprint density at radius 2 is 1.77 bits per heavy atom. The largest absolute Gasteiger partial charge is 0.334 e. The SMILES string of the molecule is O=C(Nc1cccnc1)c1cccc(-c2nc(-c3ccccc3)no2)c1. The summed E-state index contributed by atoms with van der Waals surface area (Å²) in [4.78, 5) is 20.8. The van der Waals surface area contributed by atoms with Crippen LogP contribution in [-0.4, -0.2) is 21.0 Å². The molecule has 2 aromatic carbocycles. The van der Waals surface area contributed by atoms with Crippen LogP contribution >= 0.6 is 0 Å². The monoisotopic (exact) mass is 342 g/mol. The van der Waals surface area contributed by atoms with Gasteiger partial charge in [-0.15, -0.1) is 0 Å². The van der Waals surface area contributed by atoms with Crippen molar-refractivity contribution >= 4 is 11.6 Å². The topological polar surface area (TPSA) is 80.9 Å². The van der Waals surface area contributed by atoms with Crippen molar-refractivity contribution in [3.05, 3.63) is 84.7 Å². The molecule has 0 saturated carbocycles. The Labute approximate surface area is 149 Å². The standard InChI is InChI=1S/C20H14N4O2/c25-19(22-17-10-5-11-21-13-17)15-8-4-9-16(12-15)20-23-18(24-26-20)14-6-2-1-3-7-14/h1-13H,(H,22,25). The van der Waals surface area contributed by atoms with E-state index in [4.69, 9.17) is 4.52 Å². The van der Waals surface area contributed by atoms with E-state index in [9.17, 15) is 4.79 Å². The lowest BCUT2D eigenvalue weighted by Gasteiger charge is -2.05. The highest BCUT2D eigenvalue weighted by molar-refractivity contribution is 6.04. The van der Waals surface area contributed by atoms with Crippen LogP contribution < -0.4 is 5.32 Å². The maximum absolute atomic E-state index is 12.4. The van der Waals surface area contributed by atoms with Crippen molar-refractivity contribution in [2.24, 2.45) is 0 Å². The molecule has 0 fully saturated rings. The third-order valence-corrected chi connectivity index (χ3v) is 3.75. The maximum atomic E-state index is 12.4. The van der Waals surface area contributed by atoms with Crippen molar-refractivity contribution in [1.82, 2.24) is 15.1 Å². The molecule has 4 rings (SSSR count). The van der Waals surface area contributed by atoms with E-state index < -0.39 is 0 Å². The molecule has 126 valence electrons. The highest BCUT2D eigenvalue weighted by Gasteiger charge is 2.13. The minimum atomic E-state index is -0.234. The van der Waals surface area contributed by atoms with Crippen LogP contribution in [0.2, 0.25) is 0 Å². The van der Waals surface area contributed by atoms with Gasteiger partial charge in [-0.2, -0.15) is 4.98 Å².